The van der Waals surface area contributed by atoms with Gasteiger partial charge in [0.2, 0.25) is 5.89 Å². The first-order valence-electron chi connectivity index (χ1n) is 8.83. The molecule has 12 heteroatoms. The Labute approximate surface area is 156 Å². The van der Waals surface area contributed by atoms with Gasteiger partial charge in [-0.1, -0.05) is 0 Å². The van der Waals surface area contributed by atoms with Gasteiger partial charge in [0.25, 0.3) is 6.43 Å². The van der Waals surface area contributed by atoms with Crippen molar-refractivity contribution >= 4 is 5.82 Å². The average molecular weight is 404 g/mol. The fraction of sp³-hybridized carbons (Fsp3) is 0.625. The first-order valence-corrected chi connectivity index (χ1v) is 8.83. The van der Waals surface area contributed by atoms with Crippen LogP contribution in [0.3, 0.4) is 0 Å². The summed E-state index contributed by atoms with van der Waals surface area (Å²) in [6.07, 6.45) is -5.52. The summed E-state index contributed by atoms with van der Waals surface area (Å²) in [5.74, 6) is -0.406. The van der Waals surface area contributed by atoms with E-state index in [2.05, 4.69) is 24.6 Å². The average Bonchev–Trinajstić information content (AvgIpc) is 3.40. The van der Waals surface area contributed by atoms with Gasteiger partial charge in [-0.05, 0) is 12.8 Å². The summed E-state index contributed by atoms with van der Waals surface area (Å²) in [7, 11) is 0. The van der Waals surface area contributed by atoms with E-state index in [-0.39, 0.29) is 24.0 Å². The molecule has 0 unspecified atom stereocenters. The Bertz CT molecular complexity index is 809. The monoisotopic (exact) mass is 404 g/mol. The first kappa shape index (κ1) is 19.0. The van der Waals surface area contributed by atoms with Crippen LogP contribution >= 0.6 is 0 Å². The third-order valence-corrected chi connectivity index (χ3v) is 4.68. The minimum atomic E-state index is -4.67. The van der Waals surface area contributed by atoms with E-state index in [4.69, 9.17) is 0 Å². The summed E-state index contributed by atoms with van der Waals surface area (Å²) in [5, 5.41) is 6.43. The molecule has 2 fully saturated rings. The molecule has 0 aromatic carbocycles. The lowest BCUT2D eigenvalue weighted by atomic mass is 10.2. The molecule has 0 radical (unpaired) electrons. The van der Waals surface area contributed by atoms with Gasteiger partial charge >= 0.3 is 12.1 Å². The van der Waals surface area contributed by atoms with Gasteiger partial charge in [-0.3, -0.25) is 4.90 Å². The van der Waals surface area contributed by atoms with Crippen molar-refractivity contribution in [3.8, 4) is 0 Å². The smallest absolute Gasteiger partial charge is 0.416 e. The Morgan fingerprint density at radius 1 is 1.07 bits per heavy atom. The summed E-state index contributed by atoms with van der Waals surface area (Å²) in [4.78, 5) is 12.1. The zero-order valence-electron chi connectivity index (χ0n) is 14.7. The summed E-state index contributed by atoms with van der Waals surface area (Å²) in [6.45, 7) is 2.07. The number of anilines is 1. The van der Waals surface area contributed by atoms with Crippen molar-refractivity contribution < 1.29 is 26.4 Å². The van der Waals surface area contributed by atoms with E-state index in [1.807, 2.05) is 9.80 Å². The molecular weight excluding hydrogens is 387 g/mol. The van der Waals surface area contributed by atoms with E-state index in [0.717, 1.165) is 12.8 Å². The van der Waals surface area contributed by atoms with Crippen LogP contribution in [0, 0.1) is 0 Å². The van der Waals surface area contributed by atoms with Crippen molar-refractivity contribution in [3.63, 3.8) is 0 Å². The molecule has 2 aromatic heterocycles. The molecule has 3 heterocycles. The van der Waals surface area contributed by atoms with Crippen molar-refractivity contribution in [1.82, 2.24) is 25.1 Å². The van der Waals surface area contributed by atoms with Crippen molar-refractivity contribution in [2.24, 2.45) is 0 Å². The van der Waals surface area contributed by atoms with E-state index in [1.54, 1.807) is 0 Å². The van der Waals surface area contributed by atoms with Gasteiger partial charge in [-0.25, -0.2) is 18.7 Å². The third kappa shape index (κ3) is 4.21. The normalized spacial score (nSPS) is 18.9. The Balaban J connectivity index is 1.39. The number of alkyl halides is 5. The molecule has 1 aliphatic heterocycles. The molecule has 152 valence electrons. The molecule has 2 aliphatic rings. The molecule has 4 rings (SSSR count). The number of rotatable bonds is 5. The van der Waals surface area contributed by atoms with Crippen LogP contribution in [0.15, 0.2) is 10.5 Å². The Morgan fingerprint density at radius 3 is 2.36 bits per heavy atom. The van der Waals surface area contributed by atoms with Crippen LogP contribution in [0.25, 0.3) is 0 Å². The van der Waals surface area contributed by atoms with Crippen LogP contribution in [-0.2, 0) is 12.7 Å². The Kier molecular flexibility index (Phi) is 4.89. The van der Waals surface area contributed by atoms with Gasteiger partial charge in [0.05, 0.1) is 6.54 Å². The number of aromatic nitrogens is 4. The van der Waals surface area contributed by atoms with Crippen LogP contribution in [-0.4, -0.2) is 51.2 Å². The van der Waals surface area contributed by atoms with Crippen LogP contribution in [0.5, 0.6) is 0 Å². The summed E-state index contributed by atoms with van der Waals surface area (Å²) >= 11 is 0. The molecule has 0 atom stereocenters. The van der Waals surface area contributed by atoms with Crippen molar-refractivity contribution in [2.75, 3.05) is 31.1 Å². The molecule has 0 spiro atoms. The molecule has 1 saturated heterocycles. The van der Waals surface area contributed by atoms with Crippen LogP contribution in [0.1, 0.15) is 48.5 Å². The van der Waals surface area contributed by atoms with Crippen LogP contribution < -0.4 is 4.90 Å². The predicted octanol–water partition coefficient (Wildman–Crippen LogP) is 3.02. The van der Waals surface area contributed by atoms with Crippen molar-refractivity contribution in [2.45, 2.75) is 37.9 Å². The lowest BCUT2D eigenvalue weighted by molar-refractivity contribution is -0.157. The van der Waals surface area contributed by atoms with E-state index in [0.29, 0.717) is 37.8 Å². The topological polar surface area (TPSA) is 71.2 Å². The molecule has 0 bridgehead atoms. The highest BCUT2D eigenvalue weighted by atomic mass is 19.4. The zero-order chi connectivity index (χ0) is 19.9. The SMILES string of the molecule is FC(F)c1cc(N2CCN(Cc3nnc(C(F)(F)F)o3)CC2)nc(C2CC2)n1. The van der Waals surface area contributed by atoms with Crippen molar-refractivity contribution in [1.29, 1.82) is 0 Å². The van der Waals surface area contributed by atoms with Crippen LogP contribution in [0.4, 0.5) is 27.8 Å². The maximum absolute atomic E-state index is 13.1. The molecule has 0 N–H and O–H groups in total. The second kappa shape index (κ2) is 7.22. The molecular formula is C16H17F5N6O. The maximum atomic E-state index is 13.1. The molecule has 28 heavy (non-hydrogen) atoms. The quantitative estimate of drug-likeness (QED) is 0.710. The first-order chi connectivity index (χ1) is 13.3. The van der Waals surface area contributed by atoms with Gasteiger partial charge in [0, 0.05) is 38.2 Å². The minimum absolute atomic E-state index is 0.0936. The number of halogens is 5. The minimum Gasteiger partial charge on any atom is -0.416 e. The van der Waals surface area contributed by atoms with Gasteiger partial charge in [-0.15, -0.1) is 10.2 Å². The van der Waals surface area contributed by atoms with Gasteiger partial charge in [0.1, 0.15) is 17.3 Å². The largest absolute Gasteiger partial charge is 0.470 e. The van der Waals surface area contributed by atoms with E-state index < -0.39 is 18.5 Å². The zero-order valence-corrected chi connectivity index (χ0v) is 14.7. The summed E-state index contributed by atoms with van der Waals surface area (Å²) in [5.41, 5.74) is -0.278. The fourth-order valence-corrected chi connectivity index (χ4v) is 3.03. The van der Waals surface area contributed by atoms with E-state index in [9.17, 15) is 22.0 Å². The number of hydrogen-bond donors (Lipinski definition) is 0. The predicted molar refractivity (Wildman–Crippen MR) is 85.8 cm³/mol. The molecule has 0 amide bonds. The summed E-state index contributed by atoms with van der Waals surface area (Å²) < 4.78 is 68.5. The Morgan fingerprint density at radius 2 is 1.79 bits per heavy atom. The maximum Gasteiger partial charge on any atom is 0.470 e. The number of piperazine rings is 1. The van der Waals surface area contributed by atoms with Gasteiger partial charge in [0.15, 0.2) is 0 Å². The van der Waals surface area contributed by atoms with Crippen molar-refractivity contribution in [3.05, 3.63) is 29.4 Å². The van der Waals surface area contributed by atoms with E-state index >= 15 is 0 Å². The lowest BCUT2D eigenvalue weighted by Gasteiger charge is -2.34. The van der Waals surface area contributed by atoms with Gasteiger partial charge in [-0.2, -0.15) is 13.2 Å². The lowest BCUT2D eigenvalue weighted by Crippen LogP contribution is -2.46. The molecule has 1 saturated carbocycles. The molecule has 2 aromatic rings. The van der Waals surface area contributed by atoms with Crippen LogP contribution in [0.2, 0.25) is 0 Å². The molecule has 1 aliphatic carbocycles. The highest BCUT2D eigenvalue weighted by Gasteiger charge is 2.38. The summed E-state index contributed by atoms with van der Waals surface area (Å²) in [6, 6.07) is 1.31. The standard InChI is InChI=1S/C16H17F5N6O/c17-13(18)10-7-11(23-14(22-10)9-1-2-9)27-5-3-26(4-6-27)8-12-24-25-15(28-12)16(19,20)21/h7,9,13H,1-6,8H2. The molecule has 7 nitrogen and oxygen atoms in total. The second-order valence-corrected chi connectivity index (χ2v) is 6.85. The fourth-order valence-electron chi connectivity index (χ4n) is 3.03. The Hall–Kier alpha value is -2.37. The van der Waals surface area contributed by atoms with Gasteiger partial charge < -0.3 is 9.32 Å². The third-order valence-electron chi connectivity index (χ3n) is 4.68. The number of nitrogens with zero attached hydrogens (tertiary/aromatic N) is 6. The second-order valence-electron chi connectivity index (χ2n) is 6.85. The van der Waals surface area contributed by atoms with E-state index in [1.165, 1.54) is 6.07 Å². The highest BCUT2D eigenvalue weighted by molar-refractivity contribution is 5.41. The number of hydrogen-bond acceptors (Lipinski definition) is 7. The highest BCUT2D eigenvalue weighted by Crippen LogP contribution is 2.39.